The van der Waals surface area contributed by atoms with Gasteiger partial charge in [0.25, 0.3) is 0 Å². The molecule has 30 heavy (non-hydrogen) atoms. The van der Waals surface area contributed by atoms with Crippen LogP contribution in [0, 0.1) is 11.8 Å². The molecular weight excluding hydrogens is 419 g/mol. The maximum atomic E-state index is 13.7. The van der Waals surface area contributed by atoms with Gasteiger partial charge in [0.1, 0.15) is 0 Å². The summed E-state index contributed by atoms with van der Waals surface area (Å²) in [5, 5.41) is 0.449. The molecule has 0 spiro atoms. The summed E-state index contributed by atoms with van der Waals surface area (Å²) in [4.78, 5) is 28.6. The van der Waals surface area contributed by atoms with Crippen LogP contribution in [0.4, 0.5) is 11.4 Å². The number of amides is 2. The lowest BCUT2D eigenvalue weighted by atomic mass is 9.55. The Bertz CT molecular complexity index is 1130. The Morgan fingerprint density at radius 1 is 0.700 bits per heavy atom. The van der Waals surface area contributed by atoms with Crippen molar-refractivity contribution >= 4 is 46.4 Å². The summed E-state index contributed by atoms with van der Waals surface area (Å²) in [6, 6.07) is 19.4. The van der Waals surface area contributed by atoms with Crippen molar-refractivity contribution in [3.05, 3.63) is 93.0 Å². The van der Waals surface area contributed by atoms with Crippen LogP contribution in [0.25, 0.3) is 0 Å². The Morgan fingerprint density at radius 2 is 1.07 bits per heavy atom. The number of benzene rings is 3. The predicted molar refractivity (Wildman–Crippen MR) is 117 cm³/mol. The Hall–Kier alpha value is -2.82. The van der Waals surface area contributed by atoms with Crippen LogP contribution in [-0.4, -0.2) is 11.8 Å². The number of anilines is 2. The van der Waals surface area contributed by atoms with Gasteiger partial charge in [0, 0.05) is 11.8 Å². The van der Waals surface area contributed by atoms with Crippen LogP contribution in [0.15, 0.2) is 60.7 Å². The molecule has 3 aromatic carbocycles. The third kappa shape index (κ3) is 2.13. The van der Waals surface area contributed by atoms with Crippen LogP contribution in [-0.2, 0) is 9.59 Å². The van der Waals surface area contributed by atoms with E-state index in [1.807, 2.05) is 24.3 Å². The highest BCUT2D eigenvalue weighted by molar-refractivity contribution is 6.39. The number of imide groups is 1. The Balaban J connectivity index is 1.56. The molecule has 2 amide bonds. The van der Waals surface area contributed by atoms with E-state index in [1.165, 1.54) is 17.0 Å². The van der Waals surface area contributed by atoms with Crippen LogP contribution in [0.1, 0.15) is 34.1 Å². The molecule has 0 radical (unpaired) electrons. The molecule has 3 aliphatic carbocycles. The summed E-state index contributed by atoms with van der Waals surface area (Å²) in [6.07, 6.45) is 0. The van der Waals surface area contributed by atoms with Gasteiger partial charge < -0.3 is 5.73 Å². The van der Waals surface area contributed by atoms with Gasteiger partial charge in [-0.05, 0) is 34.4 Å². The first-order valence-corrected chi connectivity index (χ1v) is 10.5. The molecule has 7 rings (SSSR count). The largest absolute Gasteiger partial charge is 0.396 e. The van der Waals surface area contributed by atoms with Crippen LogP contribution >= 0.6 is 23.2 Å². The number of hydrogen-bond donors (Lipinski definition) is 1. The molecule has 2 atom stereocenters. The smallest absolute Gasteiger partial charge is 0.238 e. The van der Waals surface area contributed by atoms with Crippen LogP contribution < -0.4 is 10.6 Å². The van der Waals surface area contributed by atoms with Gasteiger partial charge in [-0.15, -0.1) is 0 Å². The number of nitrogens with zero attached hydrogens (tertiary/aromatic N) is 1. The second-order valence-electron chi connectivity index (χ2n) is 8.10. The molecule has 1 heterocycles. The number of hydrogen-bond acceptors (Lipinski definition) is 3. The lowest BCUT2D eigenvalue weighted by Gasteiger charge is -2.45. The van der Waals surface area contributed by atoms with Gasteiger partial charge in [0.05, 0.1) is 33.3 Å². The van der Waals surface area contributed by atoms with E-state index < -0.39 is 11.8 Å². The third-order valence-corrected chi connectivity index (χ3v) is 7.40. The standard InChI is InChI=1S/C24H16Cl2N2O2/c25-16-9-11(10-17(26)22(16)27)28-23(29)20-18-12-5-1-2-6-13(12)19(21(20)24(28)30)15-8-4-3-7-14(15)18/h1-10,18-21H,27H2. The highest BCUT2D eigenvalue weighted by Gasteiger charge is 2.61. The topological polar surface area (TPSA) is 63.4 Å². The third-order valence-electron chi connectivity index (χ3n) is 6.77. The first-order valence-electron chi connectivity index (χ1n) is 9.79. The first kappa shape index (κ1) is 18.0. The minimum absolute atomic E-state index is 0.145. The SMILES string of the molecule is Nc1c(Cl)cc(N2C(=O)C3C4c5ccccc5C(c5ccccc54)C3C2=O)cc1Cl. The molecule has 2 bridgehead atoms. The molecule has 0 aromatic heterocycles. The summed E-state index contributed by atoms with van der Waals surface area (Å²) in [5.74, 6) is -1.59. The fourth-order valence-corrected chi connectivity index (χ4v) is 6.11. The Labute approximate surface area is 183 Å². The van der Waals surface area contributed by atoms with Crippen LogP contribution in [0.3, 0.4) is 0 Å². The van der Waals surface area contributed by atoms with Crippen LogP contribution in [0.2, 0.25) is 10.0 Å². The fraction of sp³-hybridized carbons (Fsp3) is 0.167. The molecule has 4 aliphatic rings. The Morgan fingerprint density at radius 3 is 1.43 bits per heavy atom. The highest BCUT2D eigenvalue weighted by Crippen LogP contribution is 2.61. The van der Waals surface area contributed by atoms with E-state index in [4.69, 9.17) is 28.9 Å². The van der Waals surface area contributed by atoms with Gasteiger partial charge >= 0.3 is 0 Å². The maximum Gasteiger partial charge on any atom is 0.238 e. The molecule has 1 fully saturated rings. The number of rotatable bonds is 1. The number of carbonyl (C=O) groups excluding carboxylic acids is 2. The van der Waals surface area contributed by atoms with E-state index in [1.54, 1.807) is 0 Å². The zero-order valence-corrected chi connectivity index (χ0v) is 17.2. The van der Waals surface area contributed by atoms with Crippen molar-refractivity contribution in [2.24, 2.45) is 11.8 Å². The van der Waals surface area contributed by atoms with Gasteiger partial charge in [0.15, 0.2) is 0 Å². The number of nitrogens with two attached hydrogens (primary N) is 1. The van der Waals surface area contributed by atoms with Gasteiger partial charge in [0.2, 0.25) is 11.8 Å². The lowest BCUT2D eigenvalue weighted by molar-refractivity contribution is -0.122. The van der Waals surface area contributed by atoms with E-state index in [2.05, 4.69) is 24.3 Å². The second-order valence-corrected chi connectivity index (χ2v) is 8.91. The summed E-state index contributed by atoms with van der Waals surface area (Å²) < 4.78 is 0. The normalized spacial score (nSPS) is 25.9. The summed E-state index contributed by atoms with van der Waals surface area (Å²) in [7, 11) is 0. The minimum Gasteiger partial charge on any atom is -0.396 e. The molecule has 0 saturated carbocycles. The van der Waals surface area contributed by atoms with E-state index in [9.17, 15) is 9.59 Å². The molecule has 4 nitrogen and oxygen atoms in total. The zero-order valence-electron chi connectivity index (χ0n) is 15.7. The number of nitrogen functional groups attached to an aromatic ring is 1. The van der Waals surface area contributed by atoms with Crippen molar-refractivity contribution in [1.29, 1.82) is 0 Å². The second kappa shape index (κ2) is 6.10. The van der Waals surface area contributed by atoms with Gasteiger partial charge in [-0.3, -0.25) is 9.59 Å². The van der Waals surface area contributed by atoms with Crippen molar-refractivity contribution in [3.8, 4) is 0 Å². The van der Waals surface area contributed by atoms with Crippen molar-refractivity contribution in [2.45, 2.75) is 11.8 Å². The van der Waals surface area contributed by atoms with Crippen molar-refractivity contribution in [1.82, 2.24) is 0 Å². The molecular formula is C24H16Cl2N2O2. The molecule has 2 N–H and O–H groups in total. The highest BCUT2D eigenvalue weighted by atomic mass is 35.5. The number of halogens is 2. The van der Waals surface area contributed by atoms with Gasteiger partial charge in [-0.2, -0.15) is 0 Å². The summed E-state index contributed by atoms with van der Waals surface area (Å²) in [6.45, 7) is 0. The van der Waals surface area contributed by atoms with E-state index in [0.29, 0.717) is 5.69 Å². The fourth-order valence-electron chi connectivity index (χ4n) is 5.63. The average molecular weight is 435 g/mol. The van der Waals surface area contributed by atoms with Crippen LogP contribution in [0.5, 0.6) is 0 Å². The van der Waals surface area contributed by atoms with Gasteiger partial charge in [-0.1, -0.05) is 71.7 Å². The average Bonchev–Trinajstić information content (AvgIpc) is 3.02. The molecule has 6 heteroatoms. The Kier molecular flexibility index (Phi) is 3.66. The quantitative estimate of drug-likeness (QED) is 0.434. The monoisotopic (exact) mass is 434 g/mol. The molecule has 2 unspecified atom stereocenters. The molecule has 148 valence electrons. The minimum atomic E-state index is -0.442. The van der Waals surface area contributed by atoms with Crippen molar-refractivity contribution < 1.29 is 9.59 Å². The molecule has 1 aliphatic heterocycles. The lowest BCUT2D eigenvalue weighted by Crippen LogP contribution is -2.41. The van der Waals surface area contributed by atoms with E-state index in [-0.39, 0.29) is 39.4 Å². The number of carbonyl (C=O) groups is 2. The molecule has 3 aromatic rings. The van der Waals surface area contributed by atoms with Gasteiger partial charge in [-0.25, -0.2) is 4.90 Å². The van der Waals surface area contributed by atoms with E-state index >= 15 is 0 Å². The van der Waals surface area contributed by atoms with E-state index in [0.717, 1.165) is 22.3 Å². The predicted octanol–water partition coefficient (Wildman–Crippen LogP) is 4.97. The zero-order chi connectivity index (χ0) is 20.7. The van der Waals surface area contributed by atoms with Crippen molar-refractivity contribution in [3.63, 3.8) is 0 Å². The summed E-state index contributed by atoms with van der Waals surface area (Å²) in [5.41, 5.74) is 11.0. The molecule has 1 saturated heterocycles. The summed E-state index contributed by atoms with van der Waals surface area (Å²) >= 11 is 12.4. The maximum absolute atomic E-state index is 13.7. The first-order chi connectivity index (χ1) is 14.5. The van der Waals surface area contributed by atoms with Crippen molar-refractivity contribution in [2.75, 3.05) is 10.6 Å².